The van der Waals surface area contributed by atoms with Crippen molar-refractivity contribution in [2.24, 2.45) is 0 Å². The zero-order chi connectivity index (χ0) is 21.6. The lowest BCUT2D eigenvalue weighted by Gasteiger charge is -2.18. The van der Waals surface area contributed by atoms with E-state index in [1.165, 1.54) is 11.3 Å². The molecule has 0 unspecified atom stereocenters. The molecule has 1 aliphatic rings. The highest BCUT2D eigenvalue weighted by Crippen LogP contribution is 2.32. The maximum absolute atomic E-state index is 12.2. The van der Waals surface area contributed by atoms with Crippen molar-refractivity contribution < 1.29 is 28.5 Å². The third-order valence-corrected chi connectivity index (χ3v) is 5.13. The Kier molecular flexibility index (Phi) is 6.32. The third-order valence-electron chi connectivity index (χ3n) is 4.30. The van der Waals surface area contributed by atoms with Gasteiger partial charge in [-0.05, 0) is 31.2 Å². The van der Waals surface area contributed by atoms with Crippen molar-refractivity contribution in [3.8, 4) is 17.2 Å². The fourth-order valence-corrected chi connectivity index (χ4v) is 3.45. The SMILES string of the molecule is Cc1ccc(OCc2nc(C(=O)OCC(=O)Nc3ccc4c(c3)OCCO4)cs2)cc1. The zero-order valence-electron chi connectivity index (χ0n) is 16.8. The van der Waals surface area contributed by atoms with Crippen LogP contribution in [0, 0.1) is 6.92 Å². The molecule has 2 heterocycles. The first kappa shape index (κ1) is 20.7. The van der Waals surface area contributed by atoms with Crippen LogP contribution in [0.5, 0.6) is 17.2 Å². The summed E-state index contributed by atoms with van der Waals surface area (Å²) in [6.07, 6.45) is 0. The first-order valence-corrected chi connectivity index (χ1v) is 10.5. The van der Waals surface area contributed by atoms with Crippen molar-refractivity contribution in [2.45, 2.75) is 13.5 Å². The van der Waals surface area contributed by atoms with Crippen molar-refractivity contribution in [1.82, 2.24) is 4.98 Å². The van der Waals surface area contributed by atoms with E-state index in [2.05, 4.69) is 10.3 Å². The van der Waals surface area contributed by atoms with E-state index >= 15 is 0 Å². The van der Waals surface area contributed by atoms with Gasteiger partial charge in [0.1, 0.15) is 30.6 Å². The number of nitrogens with zero attached hydrogens (tertiary/aromatic N) is 1. The lowest BCUT2D eigenvalue weighted by Crippen LogP contribution is -2.21. The molecule has 3 aromatic rings. The number of carbonyl (C=O) groups excluding carboxylic acids is 2. The Labute approximate surface area is 182 Å². The highest BCUT2D eigenvalue weighted by atomic mass is 32.1. The Balaban J connectivity index is 1.25. The summed E-state index contributed by atoms with van der Waals surface area (Å²) in [7, 11) is 0. The number of anilines is 1. The highest BCUT2D eigenvalue weighted by Gasteiger charge is 2.16. The molecule has 0 spiro atoms. The van der Waals surface area contributed by atoms with Gasteiger partial charge in [0.25, 0.3) is 5.91 Å². The summed E-state index contributed by atoms with van der Waals surface area (Å²) in [5.41, 5.74) is 1.80. The summed E-state index contributed by atoms with van der Waals surface area (Å²) in [4.78, 5) is 28.5. The molecule has 0 fully saturated rings. The van der Waals surface area contributed by atoms with Gasteiger partial charge in [-0.1, -0.05) is 17.7 Å². The van der Waals surface area contributed by atoms with Gasteiger partial charge in [0, 0.05) is 17.1 Å². The normalized spacial score (nSPS) is 12.2. The summed E-state index contributed by atoms with van der Waals surface area (Å²) in [6, 6.07) is 12.7. The van der Waals surface area contributed by atoms with Gasteiger partial charge in [-0.25, -0.2) is 9.78 Å². The lowest BCUT2D eigenvalue weighted by atomic mass is 10.2. The van der Waals surface area contributed by atoms with Gasteiger partial charge in [-0.2, -0.15) is 0 Å². The van der Waals surface area contributed by atoms with E-state index in [-0.39, 0.29) is 12.3 Å². The van der Waals surface area contributed by atoms with E-state index in [0.717, 1.165) is 11.3 Å². The number of hydrogen-bond acceptors (Lipinski definition) is 8. The summed E-state index contributed by atoms with van der Waals surface area (Å²) < 4.78 is 21.6. The van der Waals surface area contributed by atoms with E-state index < -0.39 is 18.5 Å². The van der Waals surface area contributed by atoms with Crippen LogP contribution < -0.4 is 19.5 Å². The van der Waals surface area contributed by atoms with Crippen LogP contribution in [0.15, 0.2) is 47.8 Å². The minimum absolute atomic E-state index is 0.139. The molecular formula is C22H20N2O6S. The molecule has 8 nitrogen and oxygen atoms in total. The number of carbonyl (C=O) groups is 2. The number of fused-ring (bicyclic) bond motifs is 1. The standard InChI is InChI=1S/C22H20N2O6S/c1-14-2-5-16(6-3-14)29-12-21-24-17(13-31-21)22(26)30-11-20(25)23-15-4-7-18-19(10-15)28-9-8-27-18/h2-7,10,13H,8-9,11-12H2,1H3,(H,23,25). The molecule has 0 radical (unpaired) electrons. The van der Waals surface area contributed by atoms with Gasteiger partial charge in [0.2, 0.25) is 0 Å². The number of benzene rings is 2. The summed E-state index contributed by atoms with van der Waals surface area (Å²) in [5.74, 6) is 0.768. The second-order valence-corrected chi connectivity index (χ2v) is 7.65. The molecule has 1 aliphatic heterocycles. The Morgan fingerprint density at radius 3 is 2.68 bits per heavy atom. The molecular weight excluding hydrogens is 420 g/mol. The van der Waals surface area contributed by atoms with E-state index in [1.54, 1.807) is 23.6 Å². The quantitative estimate of drug-likeness (QED) is 0.561. The fourth-order valence-electron chi connectivity index (χ4n) is 2.77. The van der Waals surface area contributed by atoms with Crippen LogP contribution in [0.1, 0.15) is 21.1 Å². The first-order chi connectivity index (χ1) is 15.1. The van der Waals surface area contributed by atoms with Crippen LogP contribution >= 0.6 is 11.3 Å². The number of ether oxygens (including phenoxy) is 4. The van der Waals surface area contributed by atoms with Gasteiger partial charge in [0.15, 0.2) is 23.8 Å². The Hall–Kier alpha value is -3.59. The molecule has 0 atom stereocenters. The molecule has 0 saturated carbocycles. The molecule has 0 aliphatic carbocycles. The number of aromatic nitrogens is 1. The largest absolute Gasteiger partial charge is 0.486 e. The number of rotatable bonds is 7. The topological polar surface area (TPSA) is 96.0 Å². The maximum atomic E-state index is 12.2. The average molecular weight is 440 g/mol. The monoisotopic (exact) mass is 440 g/mol. The number of aryl methyl sites for hydroxylation is 1. The Morgan fingerprint density at radius 2 is 1.87 bits per heavy atom. The number of esters is 1. The highest BCUT2D eigenvalue weighted by molar-refractivity contribution is 7.09. The van der Waals surface area contributed by atoms with Crippen molar-refractivity contribution in [2.75, 3.05) is 25.1 Å². The van der Waals surface area contributed by atoms with Crippen molar-refractivity contribution in [3.63, 3.8) is 0 Å². The molecule has 0 saturated heterocycles. The number of nitrogens with one attached hydrogen (secondary N) is 1. The predicted octanol–water partition coefficient (Wildman–Crippen LogP) is 3.60. The number of amides is 1. The van der Waals surface area contributed by atoms with E-state index in [9.17, 15) is 9.59 Å². The van der Waals surface area contributed by atoms with Gasteiger partial charge >= 0.3 is 5.97 Å². The molecule has 4 rings (SSSR count). The molecule has 1 aromatic heterocycles. The Morgan fingerprint density at radius 1 is 1.10 bits per heavy atom. The van der Waals surface area contributed by atoms with Gasteiger partial charge in [-0.3, -0.25) is 4.79 Å². The Bertz CT molecular complexity index is 1080. The number of thiazole rings is 1. The zero-order valence-corrected chi connectivity index (χ0v) is 17.6. The molecule has 2 aromatic carbocycles. The smallest absolute Gasteiger partial charge is 0.358 e. The van der Waals surface area contributed by atoms with Crippen LogP contribution in [0.4, 0.5) is 5.69 Å². The van der Waals surface area contributed by atoms with Crippen LogP contribution in [-0.2, 0) is 16.1 Å². The third kappa shape index (κ3) is 5.52. The first-order valence-electron chi connectivity index (χ1n) is 9.57. The molecule has 9 heteroatoms. The van der Waals surface area contributed by atoms with Crippen molar-refractivity contribution in [1.29, 1.82) is 0 Å². The summed E-state index contributed by atoms with van der Waals surface area (Å²) in [5, 5.41) is 4.87. The molecule has 31 heavy (non-hydrogen) atoms. The van der Waals surface area contributed by atoms with Gasteiger partial charge < -0.3 is 24.3 Å². The second-order valence-electron chi connectivity index (χ2n) is 6.71. The van der Waals surface area contributed by atoms with Crippen LogP contribution in [0.25, 0.3) is 0 Å². The van der Waals surface area contributed by atoms with Crippen molar-refractivity contribution >= 4 is 28.9 Å². The summed E-state index contributed by atoms with van der Waals surface area (Å²) >= 11 is 1.29. The van der Waals surface area contributed by atoms with Crippen LogP contribution in [0.2, 0.25) is 0 Å². The van der Waals surface area contributed by atoms with E-state index in [0.29, 0.717) is 35.4 Å². The molecule has 1 N–H and O–H groups in total. The lowest BCUT2D eigenvalue weighted by molar-refractivity contribution is -0.119. The number of hydrogen-bond donors (Lipinski definition) is 1. The minimum atomic E-state index is -0.671. The fraction of sp³-hybridized carbons (Fsp3) is 0.227. The van der Waals surface area contributed by atoms with Crippen molar-refractivity contribution in [3.05, 3.63) is 64.1 Å². The predicted molar refractivity (Wildman–Crippen MR) is 114 cm³/mol. The second kappa shape index (κ2) is 9.48. The van der Waals surface area contributed by atoms with E-state index in [1.807, 2.05) is 31.2 Å². The van der Waals surface area contributed by atoms with Crippen LogP contribution in [0.3, 0.4) is 0 Å². The summed E-state index contributed by atoms with van der Waals surface area (Å²) in [6.45, 7) is 2.75. The molecule has 160 valence electrons. The maximum Gasteiger partial charge on any atom is 0.358 e. The van der Waals surface area contributed by atoms with E-state index in [4.69, 9.17) is 18.9 Å². The van der Waals surface area contributed by atoms with Gasteiger partial charge in [0.05, 0.1) is 0 Å². The average Bonchev–Trinajstić information content (AvgIpc) is 3.26. The van der Waals surface area contributed by atoms with Gasteiger partial charge in [-0.15, -0.1) is 11.3 Å². The van der Waals surface area contributed by atoms with Crippen LogP contribution in [-0.4, -0.2) is 36.7 Å². The molecule has 1 amide bonds. The molecule has 0 bridgehead atoms. The minimum Gasteiger partial charge on any atom is -0.486 e.